The molecule has 1 aliphatic rings. The Labute approximate surface area is 102 Å². The third-order valence-electron chi connectivity index (χ3n) is 3.39. The van der Waals surface area contributed by atoms with Gasteiger partial charge in [0.25, 0.3) is 0 Å². The number of nitrogens with zero attached hydrogens (tertiary/aromatic N) is 1. The molecule has 1 rings (SSSR count). The second-order valence-electron chi connectivity index (χ2n) is 4.85. The topological polar surface area (TPSA) is 69.6 Å². The molecular formula is C12H22N2O3. The van der Waals surface area contributed by atoms with Gasteiger partial charge < -0.3 is 15.3 Å². The summed E-state index contributed by atoms with van der Waals surface area (Å²) in [5.74, 6) is -0.0847. The number of carbonyl (C=O) groups is 2. The molecule has 0 spiro atoms. The standard InChI is InChI=1S/C12H22N2O3/c1-3-12(2,6-8-15)13-10(16)9-14-7-4-5-11(14)17/h15H,3-9H2,1-2H3,(H,13,16). The number of aliphatic hydroxyl groups excluding tert-OH is 1. The highest BCUT2D eigenvalue weighted by molar-refractivity contribution is 5.86. The smallest absolute Gasteiger partial charge is 0.240 e. The first kappa shape index (κ1) is 14.0. The normalized spacial score (nSPS) is 19.2. The quantitative estimate of drug-likeness (QED) is 0.702. The Morgan fingerprint density at radius 2 is 2.29 bits per heavy atom. The van der Waals surface area contributed by atoms with Crippen LogP contribution in [0.2, 0.25) is 0 Å². The highest BCUT2D eigenvalue weighted by Gasteiger charge is 2.27. The Bertz CT molecular complexity index is 293. The summed E-state index contributed by atoms with van der Waals surface area (Å²) >= 11 is 0. The van der Waals surface area contributed by atoms with Crippen molar-refractivity contribution in [3.63, 3.8) is 0 Å². The monoisotopic (exact) mass is 242 g/mol. The van der Waals surface area contributed by atoms with E-state index in [4.69, 9.17) is 5.11 Å². The van der Waals surface area contributed by atoms with Crippen LogP contribution in [0, 0.1) is 0 Å². The van der Waals surface area contributed by atoms with Gasteiger partial charge in [-0.3, -0.25) is 9.59 Å². The van der Waals surface area contributed by atoms with E-state index >= 15 is 0 Å². The van der Waals surface area contributed by atoms with E-state index in [0.717, 1.165) is 12.8 Å². The van der Waals surface area contributed by atoms with Crippen molar-refractivity contribution in [1.29, 1.82) is 0 Å². The Morgan fingerprint density at radius 1 is 1.59 bits per heavy atom. The second-order valence-corrected chi connectivity index (χ2v) is 4.85. The number of hydrogen-bond donors (Lipinski definition) is 2. The van der Waals surface area contributed by atoms with Gasteiger partial charge in [0.1, 0.15) is 0 Å². The van der Waals surface area contributed by atoms with Crippen LogP contribution in [-0.4, -0.2) is 47.1 Å². The first-order chi connectivity index (χ1) is 8.00. The molecule has 1 aliphatic heterocycles. The molecule has 0 aromatic heterocycles. The van der Waals surface area contributed by atoms with Crippen molar-refractivity contribution >= 4 is 11.8 Å². The Morgan fingerprint density at radius 3 is 2.76 bits per heavy atom. The van der Waals surface area contributed by atoms with Crippen LogP contribution in [0.1, 0.15) is 39.5 Å². The first-order valence-electron chi connectivity index (χ1n) is 6.20. The van der Waals surface area contributed by atoms with Gasteiger partial charge in [-0.25, -0.2) is 0 Å². The lowest BCUT2D eigenvalue weighted by Crippen LogP contribution is -2.49. The van der Waals surface area contributed by atoms with Gasteiger partial charge in [0, 0.05) is 25.1 Å². The van der Waals surface area contributed by atoms with E-state index in [1.165, 1.54) is 0 Å². The SMILES string of the molecule is CCC(C)(CCO)NC(=O)CN1CCCC1=O. The summed E-state index contributed by atoms with van der Waals surface area (Å²) in [6.45, 7) is 4.74. The van der Waals surface area contributed by atoms with Gasteiger partial charge in [0.05, 0.1) is 6.54 Å². The Kier molecular flexibility index (Phi) is 4.93. The van der Waals surface area contributed by atoms with Crippen LogP contribution >= 0.6 is 0 Å². The molecule has 0 aromatic rings. The molecule has 2 N–H and O–H groups in total. The molecule has 0 bridgehead atoms. The first-order valence-corrected chi connectivity index (χ1v) is 6.20. The lowest BCUT2D eigenvalue weighted by molar-refractivity contribution is -0.133. The average molecular weight is 242 g/mol. The zero-order valence-corrected chi connectivity index (χ0v) is 10.7. The van der Waals surface area contributed by atoms with E-state index in [2.05, 4.69) is 5.32 Å². The fourth-order valence-corrected chi connectivity index (χ4v) is 2.00. The maximum atomic E-state index is 11.8. The Balaban J connectivity index is 2.45. The predicted octanol–water partition coefficient (Wildman–Crippen LogP) is 0.276. The summed E-state index contributed by atoms with van der Waals surface area (Å²) in [5, 5.41) is 11.9. The number of amides is 2. The molecule has 0 saturated carbocycles. The molecule has 17 heavy (non-hydrogen) atoms. The summed E-state index contributed by atoms with van der Waals surface area (Å²) in [7, 11) is 0. The molecule has 0 aromatic carbocycles. The highest BCUT2D eigenvalue weighted by atomic mass is 16.3. The summed E-state index contributed by atoms with van der Waals surface area (Å²) in [4.78, 5) is 24.8. The van der Waals surface area contributed by atoms with Crippen LogP contribution in [0.25, 0.3) is 0 Å². The van der Waals surface area contributed by atoms with E-state index in [1.807, 2.05) is 13.8 Å². The zero-order chi connectivity index (χ0) is 12.9. The molecule has 2 amide bonds. The van der Waals surface area contributed by atoms with Crippen molar-refractivity contribution in [2.75, 3.05) is 19.7 Å². The lowest BCUT2D eigenvalue weighted by atomic mass is 9.95. The summed E-state index contributed by atoms with van der Waals surface area (Å²) < 4.78 is 0. The van der Waals surface area contributed by atoms with Crippen LogP contribution in [0.4, 0.5) is 0 Å². The van der Waals surface area contributed by atoms with E-state index < -0.39 is 0 Å². The van der Waals surface area contributed by atoms with Gasteiger partial charge in [0.2, 0.25) is 11.8 Å². The molecule has 0 aliphatic carbocycles. The van der Waals surface area contributed by atoms with E-state index in [1.54, 1.807) is 4.90 Å². The van der Waals surface area contributed by atoms with Gasteiger partial charge in [-0.05, 0) is 26.2 Å². The maximum Gasteiger partial charge on any atom is 0.240 e. The molecule has 5 heteroatoms. The van der Waals surface area contributed by atoms with E-state index in [0.29, 0.717) is 19.4 Å². The minimum Gasteiger partial charge on any atom is -0.396 e. The van der Waals surface area contributed by atoms with Gasteiger partial charge in [-0.1, -0.05) is 6.92 Å². The van der Waals surface area contributed by atoms with Crippen molar-refractivity contribution in [3.05, 3.63) is 0 Å². The second kappa shape index (κ2) is 6.00. The number of carbonyl (C=O) groups excluding carboxylic acids is 2. The summed E-state index contributed by atoms with van der Waals surface area (Å²) in [5.41, 5.74) is -0.380. The molecule has 1 unspecified atom stereocenters. The van der Waals surface area contributed by atoms with Crippen LogP contribution in [0.3, 0.4) is 0 Å². The molecule has 5 nitrogen and oxygen atoms in total. The number of nitrogens with one attached hydrogen (secondary N) is 1. The number of hydrogen-bond acceptors (Lipinski definition) is 3. The minimum absolute atomic E-state index is 0.0489. The van der Waals surface area contributed by atoms with Gasteiger partial charge in [-0.15, -0.1) is 0 Å². The average Bonchev–Trinajstić information content (AvgIpc) is 2.64. The van der Waals surface area contributed by atoms with Gasteiger partial charge in [0.15, 0.2) is 0 Å². The zero-order valence-electron chi connectivity index (χ0n) is 10.7. The fourth-order valence-electron chi connectivity index (χ4n) is 2.00. The van der Waals surface area contributed by atoms with Crippen LogP contribution in [0.5, 0.6) is 0 Å². The summed E-state index contributed by atoms with van der Waals surface area (Å²) in [6, 6.07) is 0. The van der Waals surface area contributed by atoms with Crippen LogP contribution in [0.15, 0.2) is 0 Å². The largest absolute Gasteiger partial charge is 0.396 e. The van der Waals surface area contributed by atoms with Crippen molar-refractivity contribution in [3.8, 4) is 0 Å². The Hall–Kier alpha value is -1.10. The maximum absolute atomic E-state index is 11.8. The lowest BCUT2D eigenvalue weighted by Gasteiger charge is -2.30. The van der Waals surface area contributed by atoms with Crippen molar-refractivity contribution in [1.82, 2.24) is 10.2 Å². The molecular weight excluding hydrogens is 220 g/mol. The predicted molar refractivity (Wildman–Crippen MR) is 64.4 cm³/mol. The van der Waals surface area contributed by atoms with Crippen molar-refractivity contribution < 1.29 is 14.7 Å². The van der Waals surface area contributed by atoms with E-state index in [9.17, 15) is 9.59 Å². The molecule has 0 radical (unpaired) electrons. The molecule has 1 fully saturated rings. The number of aliphatic hydroxyl groups is 1. The van der Waals surface area contributed by atoms with Crippen LogP contribution in [-0.2, 0) is 9.59 Å². The highest BCUT2D eigenvalue weighted by Crippen LogP contribution is 2.14. The van der Waals surface area contributed by atoms with E-state index in [-0.39, 0.29) is 30.5 Å². The van der Waals surface area contributed by atoms with Crippen LogP contribution < -0.4 is 5.32 Å². The minimum atomic E-state index is -0.380. The van der Waals surface area contributed by atoms with Crippen molar-refractivity contribution in [2.24, 2.45) is 0 Å². The molecule has 1 saturated heterocycles. The molecule has 1 heterocycles. The third-order valence-corrected chi connectivity index (χ3v) is 3.39. The fraction of sp³-hybridized carbons (Fsp3) is 0.833. The summed E-state index contributed by atoms with van der Waals surface area (Å²) in [6.07, 6.45) is 2.68. The molecule has 1 atom stereocenters. The van der Waals surface area contributed by atoms with Gasteiger partial charge >= 0.3 is 0 Å². The number of rotatable bonds is 6. The molecule has 98 valence electrons. The third kappa shape index (κ3) is 4.00. The number of likely N-dealkylation sites (tertiary alicyclic amines) is 1. The van der Waals surface area contributed by atoms with Gasteiger partial charge in [-0.2, -0.15) is 0 Å². The van der Waals surface area contributed by atoms with Crippen molar-refractivity contribution in [2.45, 2.75) is 45.1 Å².